The summed E-state index contributed by atoms with van der Waals surface area (Å²) < 4.78 is 42.4. The first-order valence-corrected chi connectivity index (χ1v) is 9.56. The van der Waals surface area contributed by atoms with Gasteiger partial charge in [-0.25, -0.2) is 9.37 Å². The van der Waals surface area contributed by atoms with Crippen LogP contribution in [0.5, 0.6) is 5.75 Å². The topological polar surface area (TPSA) is 51.2 Å². The highest BCUT2D eigenvalue weighted by Gasteiger charge is 2.14. The quantitative estimate of drug-likeness (QED) is 0.539. The molecule has 0 spiro atoms. The molecule has 0 fully saturated rings. The second-order valence-electron chi connectivity index (χ2n) is 5.20. The summed E-state index contributed by atoms with van der Waals surface area (Å²) in [5, 5.41) is 4.66. The Morgan fingerprint density at radius 1 is 1.19 bits per heavy atom. The SMILES string of the molecule is O=C(CSc1ccc(F)cc1)Nc1nc(-c2ccccc2OC(F)F)cs1. The number of benzene rings is 2. The minimum Gasteiger partial charge on any atom is -0.434 e. The van der Waals surface area contributed by atoms with E-state index in [1.807, 2.05) is 0 Å². The number of aromatic nitrogens is 1. The predicted octanol–water partition coefficient (Wildman–Crippen LogP) is 5.28. The number of carbonyl (C=O) groups excluding carboxylic acids is 1. The maximum absolute atomic E-state index is 12.9. The van der Waals surface area contributed by atoms with Crippen molar-refractivity contribution in [1.29, 1.82) is 0 Å². The van der Waals surface area contributed by atoms with Gasteiger partial charge in [-0.05, 0) is 36.4 Å². The van der Waals surface area contributed by atoms with Crippen LogP contribution in [0.1, 0.15) is 0 Å². The second kappa shape index (κ2) is 8.92. The molecule has 1 N–H and O–H groups in total. The summed E-state index contributed by atoms with van der Waals surface area (Å²) in [7, 11) is 0. The van der Waals surface area contributed by atoms with E-state index in [2.05, 4.69) is 15.0 Å². The van der Waals surface area contributed by atoms with Crippen LogP contribution < -0.4 is 10.1 Å². The maximum Gasteiger partial charge on any atom is 0.387 e. The van der Waals surface area contributed by atoms with Gasteiger partial charge in [0.25, 0.3) is 0 Å². The number of ether oxygens (including phenoxy) is 1. The van der Waals surface area contributed by atoms with Crippen molar-refractivity contribution in [3.63, 3.8) is 0 Å². The molecular weight excluding hydrogens is 397 g/mol. The van der Waals surface area contributed by atoms with Crippen molar-refractivity contribution in [2.24, 2.45) is 0 Å². The summed E-state index contributed by atoms with van der Waals surface area (Å²) in [6.45, 7) is -2.94. The van der Waals surface area contributed by atoms with E-state index < -0.39 is 6.61 Å². The predicted molar refractivity (Wildman–Crippen MR) is 99.9 cm³/mol. The summed E-state index contributed by atoms with van der Waals surface area (Å²) in [5.74, 6) is -0.467. The van der Waals surface area contributed by atoms with Crippen LogP contribution in [0.25, 0.3) is 11.3 Å². The Hall–Kier alpha value is -2.52. The molecule has 27 heavy (non-hydrogen) atoms. The van der Waals surface area contributed by atoms with Crippen molar-refractivity contribution < 1.29 is 22.7 Å². The molecule has 3 rings (SSSR count). The van der Waals surface area contributed by atoms with Crippen LogP contribution in [-0.4, -0.2) is 23.3 Å². The lowest BCUT2D eigenvalue weighted by atomic mass is 10.1. The fourth-order valence-electron chi connectivity index (χ4n) is 2.17. The number of hydrogen-bond acceptors (Lipinski definition) is 5. The molecule has 0 aliphatic carbocycles. The molecule has 0 bridgehead atoms. The van der Waals surface area contributed by atoms with E-state index in [4.69, 9.17) is 0 Å². The number of nitrogens with one attached hydrogen (secondary N) is 1. The Bertz CT molecular complexity index is 917. The van der Waals surface area contributed by atoms with Crippen molar-refractivity contribution in [2.75, 3.05) is 11.1 Å². The first kappa shape index (κ1) is 19.2. The number of alkyl halides is 2. The number of thiazole rings is 1. The van der Waals surface area contributed by atoms with Crippen molar-refractivity contribution in [3.8, 4) is 17.0 Å². The molecule has 9 heteroatoms. The van der Waals surface area contributed by atoms with Crippen molar-refractivity contribution in [1.82, 2.24) is 4.98 Å². The molecular formula is C18H13F3N2O2S2. The third kappa shape index (κ3) is 5.48. The fourth-order valence-corrected chi connectivity index (χ4v) is 3.59. The largest absolute Gasteiger partial charge is 0.434 e. The Labute approximate surface area is 161 Å². The van der Waals surface area contributed by atoms with Crippen LogP contribution in [0, 0.1) is 5.82 Å². The Morgan fingerprint density at radius 3 is 2.67 bits per heavy atom. The fraction of sp³-hybridized carbons (Fsp3) is 0.111. The minimum atomic E-state index is -2.94. The molecule has 0 aliphatic rings. The van der Waals surface area contributed by atoms with Crippen LogP contribution in [0.4, 0.5) is 18.3 Å². The van der Waals surface area contributed by atoms with Gasteiger partial charge in [-0.15, -0.1) is 23.1 Å². The van der Waals surface area contributed by atoms with Gasteiger partial charge in [-0.1, -0.05) is 12.1 Å². The van der Waals surface area contributed by atoms with E-state index in [0.29, 0.717) is 16.4 Å². The molecule has 1 aromatic heterocycles. The molecule has 1 heterocycles. The van der Waals surface area contributed by atoms with Crippen LogP contribution in [0.2, 0.25) is 0 Å². The van der Waals surface area contributed by atoms with Crippen LogP contribution in [0.15, 0.2) is 58.8 Å². The van der Waals surface area contributed by atoms with Crippen LogP contribution in [0.3, 0.4) is 0 Å². The molecule has 4 nitrogen and oxygen atoms in total. The van der Waals surface area contributed by atoms with E-state index in [-0.39, 0.29) is 23.2 Å². The van der Waals surface area contributed by atoms with Gasteiger partial charge in [0.05, 0.1) is 11.4 Å². The summed E-state index contributed by atoms with van der Waals surface area (Å²) in [4.78, 5) is 17.1. The van der Waals surface area contributed by atoms with Gasteiger partial charge < -0.3 is 10.1 Å². The molecule has 0 saturated heterocycles. The summed E-state index contributed by atoms with van der Waals surface area (Å²) in [6, 6.07) is 12.1. The monoisotopic (exact) mass is 410 g/mol. The zero-order valence-corrected chi connectivity index (χ0v) is 15.3. The molecule has 0 unspecified atom stereocenters. The molecule has 1 amide bonds. The number of amides is 1. The number of nitrogens with zero attached hydrogens (tertiary/aromatic N) is 1. The standard InChI is InChI=1S/C18H13F3N2O2S2/c19-11-5-7-12(8-6-11)26-10-16(24)23-18-22-14(9-27-18)13-3-1-2-4-15(13)25-17(20)21/h1-9,17H,10H2,(H,22,23,24). The van der Waals surface area contributed by atoms with Gasteiger partial charge in [0.2, 0.25) is 5.91 Å². The molecule has 0 radical (unpaired) electrons. The Morgan fingerprint density at radius 2 is 1.93 bits per heavy atom. The number of hydrogen-bond donors (Lipinski definition) is 1. The van der Waals surface area contributed by atoms with Crippen molar-refractivity contribution >= 4 is 34.1 Å². The second-order valence-corrected chi connectivity index (χ2v) is 7.11. The first-order chi connectivity index (χ1) is 13.0. The average Bonchev–Trinajstić information content (AvgIpc) is 3.09. The Balaban J connectivity index is 1.62. The van der Waals surface area contributed by atoms with Crippen molar-refractivity contribution in [3.05, 3.63) is 59.7 Å². The molecule has 0 saturated carbocycles. The third-order valence-corrected chi connectivity index (χ3v) is 5.08. The highest BCUT2D eigenvalue weighted by molar-refractivity contribution is 8.00. The lowest BCUT2D eigenvalue weighted by Crippen LogP contribution is -2.13. The zero-order chi connectivity index (χ0) is 19.2. The number of anilines is 1. The number of carbonyl (C=O) groups is 1. The molecule has 140 valence electrons. The summed E-state index contributed by atoms with van der Waals surface area (Å²) in [5.41, 5.74) is 0.841. The van der Waals surface area contributed by atoms with E-state index in [0.717, 1.165) is 4.90 Å². The average molecular weight is 410 g/mol. The molecule has 0 atom stereocenters. The molecule has 0 aliphatic heterocycles. The van der Waals surface area contributed by atoms with Gasteiger partial charge >= 0.3 is 6.61 Å². The molecule has 3 aromatic rings. The number of para-hydroxylation sites is 1. The van der Waals surface area contributed by atoms with Gasteiger partial charge in [0.15, 0.2) is 5.13 Å². The lowest BCUT2D eigenvalue weighted by Gasteiger charge is -2.08. The van der Waals surface area contributed by atoms with Gasteiger partial charge in [-0.2, -0.15) is 8.78 Å². The van der Waals surface area contributed by atoms with Gasteiger partial charge in [0, 0.05) is 15.8 Å². The van der Waals surface area contributed by atoms with E-state index in [1.54, 1.807) is 35.7 Å². The van der Waals surface area contributed by atoms with E-state index >= 15 is 0 Å². The van der Waals surface area contributed by atoms with Gasteiger partial charge in [0.1, 0.15) is 11.6 Å². The minimum absolute atomic E-state index is 0.0162. The highest BCUT2D eigenvalue weighted by Crippen LogP contribution is 2.33. The highest BCUT2D eigenvalue weighted by atomic mass is 32.2. The smallest absolute Gasteiger partial charge is 0.387 e. The normalized spacial score (nSPS) is 10.8. The zero-order valence-electron chi connectivity index (χ0n) is 13.7. The summed E-state index contributed by atoms with van der Waals surface area (Å²) >= 11 is 2.44. The summed E-state index contributed by atoms with van der Waals surface area (Å²) in [6.07, 6.45) is 0. The lowest BCUT2D eigenvalue weighted by molar-refractivity contribution is -0.113. The number of rotatable bonds is 7. The van der Waals surface area contributed by atoms with Crippen LogP contribution >= 0.6 is 23.1 Å². The molecule has 2 aromatic carbocycles. The maximum atomic E-state index is 12.9. The van der Waals surface area contributed by atoms with Crippen molar-refractivity contribution in [2.45, 2.75) is 11.5 Å². The Kier molecular flexibility index (Phi) is 6.36. The van der Waals surface area contributed by atoms with Gasteiger partial charge in [-0.3, -0.25) is 4.79 Å². The van der Waals surface area contributed by atoms with E-state index in [1.165, 1.54) is 41.3 Å². The number of thioether (sulfide) groups is 1. The number of halogens is 3. The third-order valence-electron chi connectivity index (χ3n) is 3.31. The van der Waals surface area contributed by atoms with E-state index in [9.17, 15) is 18.0 Å². The van der Waals surface area contributed by atoms with Crippen LogP contribution in [-0.2, 0) is 4.79 Å². The first-order valence-electron chi connectivity index (χ1n) is 7.69.